The molecule has 0 saturated carbocycles. The predicted octanol–water partition coefficient (Wildman–Crippen LogP) is 6.46. The molecule has 3 N–H and O–H groups in total. The minimum absolute atomic E-state index is 0.0588. The monoisotopic (exact) mass is 945 g/mol. The Balaban J connectivity index is 1.06. The zero-order valence-corrected chi connectivity index (χ0v) is 35.6. The van der Waals surface area contributed by atoms with Crippen LogP contribution < -0.4 is 11.1 Å². The van der Waals surface area contributed by atoms with E-state index >= 15 is 0 Å². The number of halogens is 5. The van der Waals surface area contributed by atoms with E-state index in [0.717, 1.165) is 43.2 Å². The highest BCUT2D eigenvalue weighted by atomic mass is 127. The summed E-state index contributed by atoms with van der Waals surface area (Å²) >= 11 is 8.29. The third-order valence-electron chi connectivity index (χ3n) is 11.8. The summed E-state index contributed by atoms with van der Waals surface area (Å²) in [5.74, 6) is -0.405. The van der Waals surface area contributed by atoms with Gasteiger partial charge in [-0.15, -0.1) is 0 Å². The molecule has 4 heterocycles. The van der Waals surface area contributed by atoms with Crippen molar-refractivity contribution in [3.8, 4) is 0 Å². The second-order valence-electron chi connectivity index (χ2n) is 15.7. The van der Waals surface area contributed by atoms with Crippen molar-refractivity contribution in [1.29, 1.82) is 0 Å². The fraction of sp³-hybridized carbons (Fsp3) is 0.600. The minimum atomic E-state index is -4.79. The lowest BCUT2D eigenvalue weighted by molar-refractivity contribution is -0.145. The molecule has 0 unspecified atom stereocenters. The lowest BCUT2D eigenvalue weighted by Gasteiger charge is -2.42. The molecule has 1 atom stereocenters. The zero-order valence-electron chi connectivity index (χ0n) is 32.7. The first-order valence-corrected chi connectivity index (χ1v) is 21.3. The van der Waals surface area contributed by atoms with Crippen molar-refractivity contribution in [3.05, 3.63) is 58.1 Å². The summed E-state index contributed by atoms with van der Waals surface area (Å²) in [6.45, 7) is 4.54. The molecule has 2 aromatic carbocycles. The topological polar surface area (TPSA) is 141 Å². The standard InChI is InChI=1S/C40H52ClF3IN7O6/c1-48(45)20-21-57-35(53)25-26-6-13-49(14-7-26)29-9-15-50(16-10-29)37(54)34(24-27-22-31(40(42,43)44)36(46)32(41)23-27)58-39(56)51-17-11-30(12-18-51)52-19-8-28-4-2-3-5-33(28)47-38(52)55/h2-5,22-23,26,29-30,34H,6-21,24-25,46H2,1H3,(H,47,55)/t34-/m1/s1. The minimum Gasteiger partial charge on any atom is -0.464 e. The number of piperidine rings is 3. The summed E-state index contributed by atoms with van der Waals surface area (Å²) in [7, 11) is 1.91. The summed E-state index contributed by atoms with van der Waals surface area (Å²) in [4.78, 5) is 60.6. The third-order valence-corrected chi connectivity index (χ3v) is 12.6. The summed E-state index contributed by atoms with van der Waals surface area (Å²) in [6.07, 6.45) is -2.10. The molecule has 58 heavy (non-hydrogen) atoms. The number of ether oxygens (including phenoxy) is 2. The van der Waals surface area contributed by atoms with E-state index in [1.807, 2.05) is 34.4 Å². The number of fused-ring (bicyclic) bond motifs is 1. The largest absolute Gasteiger partial charge is 0.464 e. The summed E-state index contributed by atoms with van der Waals surface area (Å²) in [5, 5.41) is 2.68. The van der Waals surface area contributed by atoms with Crippen LogP contribution in [0.25, 0.3) is 0 Å². The highest BCUT2D eigenvalue weighted by molar-refractivity contribution is 14.1. The van der Waals surface area contributed by atoms with Gasteiger partial charge in [0.15, 0.2) is 6.10 Å². The predicted molar refractivity (Wildman–Crippen MR) is 221 cm³/mol. The number of carbonyl (C=O) groups excluding carboxylic acids is 4. The number of nitrogens with one attached hydrogen (secondary N) is 1. The number of esters is 1. The second-order valence-corrected chi connectivity index (χ2v) is 17.7. The van der Waals surface area contributed by atoms with Crippen molar-refractivity contribution in [2.24, 2.45) is 5.92 Å². The number of amides is 4. The highest BCUT2D eigenvalue weighted by Crippen LogP contribution is 2.38. The van der Waals surface area contributed by atoms with E-state index in [4.69, 9.17) is 26.8 Å². The molecule has 0 spiro atoms. The summed E-state index contributed by atoms with van der Waals surface area (Å²) in [6, 6.07) is 9.71. The molecule has 4 aliphatic rings. The Labute approximate surface area is 356 Å². The van der Waals surface area contributed by atoms with Crippen molar-refractivity contribution < 1.29 is 41.8 Å². The van der Waals surface area contributed by atoms with Crippen LogP contribution >= 0.6 is 34.5 Å². The van der Waals surface area contributed by atoms with Gasteiger partial charge < -0.3 is 40.1 Å². The van der Waals surface area contributed by atoms with Crippen LogP contribution in [0, 0.1) is 5.92 Å². The number of carbonyl (C=O) groups is 4. The smallest absolute Gasteiger partial charge is 0.418 e. The van der Waals surface area contributed by atoms with Crippen LogP contribution in [-0.2, 0) is 38.1 Å². The number of nitrogens with zero attached hydrogens (tertiary/aromatic N) is 5. The molecule has 3 saturated heterocycles. The van der Waals surface area contributed by atoms with E-state index < -0.39 is 35.5 Å². The van der Waals surface area contributed by atoms with E-state index in [0.29, 0.717) is 71.3 Å². The Morgan fingerprint density at radius 3 is 2.29 bits per heavy atom. The number of hydrogen-bond acceptors (Lipinski definition) is 9. The number of rotatable bonds is 11. The van der Waals surface area contributed by atoms with Gasteiger partial charge in [0, 0.05) is 92.7 Å². The van der Waals surface area contributed by atoms with Gasteiger partial charge in [-0.05, 0) is 100 Å². The maximum absolute atomic E-state index is 14.2. The Hall–Kier alpha value is -3.55. The number of hydrogen-bond donors (Lipinski definition) is 2. The molecule has 4 amide bonds. The highest BCUT2D eigenvalue weighted by Gasteiger charge is 2.39. The van der Waals surface area contributed by atoms with Crippen molar-refractivity contribution in [1.82, 2.24) is 22.7 Å². The SMILES string of the molecule is CN(I)CCOC(=O)CC1CCN(C2CCN(C(=O)[C@@H](Cc3cc(Cl)c(N)c(C(F)(F)F)c3)OC(=O)N3CCC(N4CCc5ccccc5NC4=O)CC3)CC2)CC1. The summed E-state index contributed by atoms with van der Waals surface area (Å²) in [5.41, 5.74) is 5.84. The van der Waals surface area contributed by atoms with Gasteiger partial charge in [-0.2, -0.15) is 13.2 Å². The van der Waals surface area contributed by atoms with Gasteiger partial charge in [-0.3, -0.25) is 9.59 Å². The van der Waals surface area contributed by atoms with Crippen molar-refractivity contribution in [2.45, 2.75) is 82.2 Å². The maximum atomic E-state index is 14.2. The molecule has 2 aromatic rings. The van der Waals surface area contributed by atoms with Crippen LogP contribution in [0.1, 0.15) is 61.6 Å². The number of urea groups is 1. The molecule has 318 valence electrons. The van der Waals surface area contributed by atoms with Crippen molar-refractivity contribution >= 4 is 69.8 Å². The fourth-order valence-corrected chi connectivity index (χ4v) is 8.91. The number of anilines is 2. The quantitative estimate of drug-likeness (QED) is 0.113. The van der Waals surface area contributed by atoms with E-state index in [-0.39, 0.29) is 60.1 Å². The lowest BCUT2D eigenvalue weighted by Crippen LogP contribution is -2.53. The average Bonchev–Trinajstić information content (AvgIpc) is 3.36. The molecule has 0 aromatic heterocycles. The Morgan fingerprint density at radius 2 is 1.62 bits per heavy atom. The van der Waals surface area contributed by atoms with E-state index in [1.165, 1.54) is 11.0 Å². The van der Waals surface area contributed by atoms with Crippen LogP contribution in [0.15, 0.2) is 36.4 Å². The first-order valence-electron chi connectivity index (χ1n) is 20.0. The van der Waals surface area contributed by atoms with Crippen LogP contribution in [0.3, 0.4) is 0 Å². The molecule has 0 bridgehead atoms. The van der Waals surface area contributed by atoms with Crippen LogP contribution in [0.2, 0.25) is 5.02 Å². The molecular weight excluding hydrogens is 894 g/mol. The van der Waals surface area contributed by atoms with Crippen LogP contribution in [-0.4, -0.2) is 131 Å². The zero-order chi connectivity index (χ0) is 41.6. The molecule has 0 radical (unpaired) electrons. The average molecular weight is 946 g/mol. The van der Waals surface area contributed by atoms with Gasteiger partial charge in [-0.1, -0.05) is 29.8 Å². The molecule has 3 fully saturated rings. The Kier molecular flexibility index (Phi) is 14.9. The first-order chi connectivity index (χ1) is 27.7. The molecule has 0 aliphatic carbocycles. The number of likely N-dealkylation sites (N-methyl/N-ethyl adjacent to an activating group) is 1. The van der Waals surface area contributed by atoms with Crippen molar-refractivity contribution in [3.63, 3.8) is 0 Å². The van der Waals surface area contributed by atoms with Gasteiger partial charge in [0.25, 0.3) is 5.91 Å². The number of nitrogens with two attached hydrogens (primary N) is 1. The number of benzene rings is 2. The van der Waals surface area contributed by atoms with Crippen LogP contribution in [0.5, 0.6) is 0 Å². The Bertz CT molecular complexity index is 1780. The number of likely N-dealkylation sites (tertiary alicyclic amines) is 3. The molecule has 4 aliphatic heterocycles. The normalized spacial score (nSPS) is 19.7. The summed E-state index contributed by atoms with van der Waals surface area (Å²) < 4.78 is 54.9. The lowest BCUT2D eigenvalue weighted by atomic mass is 9.91. The van der Waals surface area contributed by atoms with E-state index in [1.54, 1.807) is 9.80 Å². The molecule has 18 heteroatoms. The number of nitrogen functional groups attached to an aromatic ring is 1. The van der Waals surface area contributed by atoms with E-state index in [2.05, 4.69) is 33.1 Å². The van der Waals surface area contributed by atoms with E-state index in [9.17, 15) is 32.3 Å². The van der Waals surface area contributed by atoms with Crippen LogP contribution in [0.4, 0.5) is 34.1 Å². The maximum Gasteiger partial charge on any atom is 0.418 e. The van der Waals surface area contributed by atoms with Gasteiger partial charge in [0.2, 0.25) is 0 Å². The fourth-order valence-electron chi connectivity index (χ4n) is 8.47. The molecule has 13 nitrogen and oxygen atoms in total. The number of alkyl halides is 3. The molecular formula is C40H52ClF3IN7O6. The number of para-hydroxylation sites is 1. The van der Waals surface area contributed by atoms with Gasteiger partial charge >= 0.3 is 24.3 Å². The van der Waals surface area contributed by atoms with Gasteiger partial charge in [0.05, 0.1) is 16.3 Å². The third kappa shape index (κ3) is 11.4. The first kappa shape index (κ1) is 44.0. The van der Waals surface area contributed by atoms with Crippen molar-refractivity contribution in [2.75, 3.05) is 77.1 Å². The second kappa shape index (κ2) is 19.7. The van der Waals surface area contributed by atoms with Gasteiger partial charge in [0.1, 0.15) is 6.61 Å². The Morgan fingerprint density at radius 1 is 0.966 bits per heavy atom. The molecule has 6 rings (SSSR count). The van der Waals surface area contributed by atoms with Gasteiger partial charge in [-0.25, -0.2) is 12.7 Å².